The van der Waals surface area contributed by atoms with E-state index in [-0.39, 0.29) is 5.56 Å². The highest BCUT2D eigenvalue weighted by atomic mass is 35.5. The Morgan fingerprint density at radius 3 is 2.61 bits per heavy atom. The fourth-order valence-corrected chi connectivity index (χ4v) is 4.85. The van der Waals surface area contributed by atoms with Gasteiger partial charge in [-0.2, -0.15) is 0 Å². The van der Waals surface area contributed by atoms with E-state index in [1.54, 1.807) is 10.6 Å². The Balaban J connectivity index is 1.46. The zero-order valence-electron chi connectivity index (χ0n) is 16.7. The summed E-state index contributed by atoms with van der Waals surface area (Å²) in [6.45, 7) is 6.64. The molecule has 0 saturated carbocycles. The van der Waals surface area contributed by atoms with Crippen molar-refractivity contribution in [2.24, 2.45) is 5.92 Å². The minimum Gasteiger partial charge on any atom is -0.378 e. The van der Waals surface area contributed by atoms with E-state index >= 15 is 0 Å². The smallest absolute Gasteiger partial charge is 0.258 e. The molecule has 0 N–H and O–H groups in total. The fourth-order valence-electron chi connectivity index (χ4n) is 4.56. The van der Waals surface area contributed by atoms with E-state index in [4.69, 9.17) is 16.3 Å². The summed E-state index contributed by atoms with van der Waals surface area (Å²) in [5.74, 6) is 1.42. The Morgan fingerprint density at radius 2 is 1.96 bits per heavy atom. The Kier molecular flexibility index (Phi) is 5.74. The van der Waals surface area contributed by atoms with Gasteiger partial charge in [0, 0.05) is 31.5 Å². The van der Waals surface area contributed by atoms with Crippen molar-refractivity contribution in [1.82, 2.24) is 9.55 Å². The summed E-state index contributed by atoms with van der Waals surface area (Å²) in [7, 11) is 0. The van der Waals surface area contributed by atoms with Crippen LogP contribution in [0.2, 0.25) is 5.02 Å². The lowest BCUT2D eigenvalue weighted by molar-refractivity contribution is 0.0855. The number of ether oxygens (including phenoxy) is 1. The number of benzene rings is 1. The molecule has 5 nitrogen and oxygen atoms in total. The standard InChI is InChI=1S/C22H28ClN3O2/c1-15-12-22(27)26(16(2)24-15)18-5-6-21(20(23)14-18)25-9-7-17(8-10-25)13-19-4-3-11-28-19/h5-6,12,14,17,19H,3-4,7-11,13H2,1-2H3/t19-/m1/s1. The van der Waals surface area contributed by atoms with Gasteiger partial charge in [-0.25, -0.2) is 4.98 Å². The number of hydrogen-bond donors (Lipinski definition) is 0. The second-order valence-corrected chi connectivity index (χ2v) is 8.46. The lowest BCUT2D eigenvalue weighted by Gasteiger charge is -2.35. The first-order chi connectivity index (χ1) is 13.5. The molecule has 2 aliphatic heterocycles. The third kappa shape index (κ3) is 4.11. The first-order valence-corrected chi connectivity index (χ1v) is 10.6. The van der Waals surface area contributed by atoms with E-state index in [9.17, 15) is 4.79 Å². The second-order valence-electron chi connectivity index (χ2n) is 8.06. The van der Waals surface area contributed by atoms with E-state index in [1.165, 1.54) is 32.1 Å². The average Bonchev–Trinajstić information content (AvgIpc) is 3.15. The number of hydrogen-bond acceptors (Lipinski definition) is 4. The van der Waals surface area contributed by atoms with E-state index in [2.05, 4.69) is 9.88 Å². The molecule has 2 aliphatic rings. The van der Waals surface area contributed by atoms with Gasteiger partial charge in [0.1, 0.15) is 5.82 Å². The average molecular weight is 402 g/mol. The van der Waals surface area contributed by atoms with Crippen LogP contribution in [0.5, 0.6) is 0 Å². The predicted octanol–water partition coefficient (Wildman–Crippen LogP) is 4.29. The summed E-state index contributed by atoms with van der Waals surface area (Å²) in [6.07, 6.45) is 6.47. The maximum absolute atomic E-state index is 12.4. The van der Waals surface area contributed by atoms with Crippen molar-refractivity contribution in [3.63, 3.8) is 0 Å². The van der Waals surface area contributed by atoms with Crippen LogP contribution < -0.4 is 10.5 Å². The Bertz CT molecular complexity index is 897. The predicted molar refractivity (Wildman–Crippen MR) is 113 cm³/mol. The van der Waals surface area contributed by atoms with Crippen LogP contribution in [0.25, 0.3) is 5.69 Å². The number of piperidine rings is 1. The molecule has 4 rings (SSSR count). The van der Waals surface area contributed by atoms with Crippen molar-refractivity contribution in [2.45, 2.75) is 52.1 Å². The van der Waals surface area contributed by atoms with E-state index < -0.39 is 0 Å². The molecular weight excluding hydrogens is 374 g/mol. The Labute approximate surface area is 171 Å². The third-order valence-corrected chi connectivity index (χ3v) is 6.28. The molecule has 0 unspecified atom stereocenters. The molecule has 0 aliphatic carbocycles. The summed E-state index contributed by atoms with van der Waals surface area (Å²) in [5.41, 5.74) is 2.46. The minimum atomic E-state index is -0.0798. The van der Waals surface area contributed by atoms with Gasteiger partial charge in [0.2, 0.25) is 0 Å². The molecule has 0 amide bonds. The van der Waals surface area contributed by atoms with Crippen LogP contribution in [-0.2, 0) is 4.74 Å². The van der Waals surface area contributed by atoms with Crippen LogP contribution in [0.4, 0.5) is 5.69 Å². The first-order valence-electron chi connectivity index (χ1n) is 10.2. The van der Waals surface area contributed by atoms with Gasteiger partial charge in [0.15, 0.2) is 0 Å². The van der Waals surface area contributed by atoms with Crippen LogP contribution >= 0.6 is 11.6 Å². The zero-order valence-corrected chi connectivity index (χ0v) is 17.4. The largest absolute Gasteiger partial charge is 0.378 e. The van der Waals surface area contributed by atoms with E-state index in [0.29, 0.717) is 17.0 Å². The maximum atomic E-state index is 12.4. The monoisotopic (exact) mass is 401 g/mol. The SMILES string of the molecule is Cc1cc(=O)n(-c2ccc(N3CCC(C[C@H]4CCCO4)CC3)c(Cl)c2)c(C)n1. The molecule has 0 spiro atoms. The number of halogens is 1. The van der Waals surface area contributed by atoms with Gasteiger partial charge in [-0.3, -0.25) is 9.36 Å². The highest BCUT2D eigenvalue weighted by molar-refractivity contribution is 6.33. The maximum Gasteiger partial charge on any atom is 0.258 e. The minimum absolute atomic E-state index is 0.0798. The summed E-state index contributed by atoms with van der Waals surface area (Å²) >= 11 is 6.63. The van der Waals surface area contributed by atoms with Crippen LogP contribution in [0, 0.1) is 19.8 Å². The lowest BCUT2D eigenvalue weighted by atomic mass is 9.90. The molecule has 28 heavy (non-hydrogen) atoms. The van der Waals surface area contributed by atoms with Gasteiger partial charge in [-0.1, -0.05) is 11.6 Å². The van der Waals surface area contributed by atoms with Gasteiger partial charge in [0.25, 0.3) is 5.56 Å². The lowest BCUT2D eigenvalue weighted by Crippen LogP contribution is -2.35. The molecule has 2 aromatic rings. The van der Waals surface area contributed by atoms with Gasteiger partial charge < -0.3 is 9.64 Å². The van der Waals surface area contributed by atoms with Crippen molar-refractivity contribution >= 4 is 17.3 Å². The van der Waals surface area contributed by atoms with Crippen molar-refractivity contribution in [3.05, 3.63) is 51.2 Å². The number of aryl methyl sites for hydroxylation is 2. The third-order valence-electron chi connectivity index (χ3n) is 5.98. The molecular formula is C22H28ClN3O2. The fraction of sp³-hybridized carbons (Fsp3) is 0.545. The molecule has 150 valence electrons. The number of nitrogens with zero attached hydrogens (tertiary/aromatic N) is 3. The topological polar surface area (TPSA) is 47.4 Å². The van der Waals surface area contributed by atoms with Gasteiger partial charge >= 0.3 is 0 Å². The molecule has 0 radical (unpaired) electrons. The van der Waals surface area contributed by atoms with Gasteiger partial charge in [0.05, 0.1) is 22.5 Å². The van der Waals surface area contributed by atoms with Crippen molar-refractivity contribution < 1.29 is 4.74 Å². The van der Waals surface area contributed by atoms with E-state index in [1.807, 2.05) is 32.0 Å². The molecule has 6 heteroatoms. The van der Waals surface area contributed by atoms with Crippen molar-refractivity contribution in [1.29, 1.82) is 0 Å². The molecule has 1 atom stereocenters. The first kappa shape index (κ1) is 19.5. The molecule has 0 bridgehead atoms. The zero-order chi connectivity index (χ0) is 19.7. The highest BCUT2D eigenvalue weighted by Gasteiger charge is 2.25. The number of anilines is 1. The number of aromatic nitrogens is 2. The van der Waals surface area contributed by atoms with Gasteiger partial charge in [-0.05, 0) is 70.1 Å². The highest BCUT2D eigenvalue weighted by Crippen LogP contribution is 2.33. The van der Waals surface area contributed by atoms with Crippen LogP contribution in [0.1, 0.15) is 43.6 Å². The summed E-state index contributed by atoms with van der Waals surface area (Å²) < 4.78 is 7.41. The van der Waals surface area contributed by atoms with Crippen LogP contribution in [-0.4, -0.2) is 35.4 Å². The number of rotatable bonds is 4. The van der Waals surface area contributed by atoms with Crippen LogP contribution in [0.3, 0.4) is 0 Å². The van der Waals surface area contributed by atoms with Crippen molar-refractivity contribution in [2.75, 3.05) is 24.6 Å². The van der Waals surface area contributed by atoms with Gasteiger partial charge in [-0.15, -0.1) is 0 Å². The second kappa shape index (κ2) is 8.26. The quantitative estimate of drug-likeness (QED) is 0.766. The molecule has 1 aromatic carbocycles. The molecule has 3 heterocycles. The Morgan fingerprint density at radius 1 is 1.18 bits per heavy atom. The molecule has 2 saturated heterocycles. The normalized spacial score (nSPS) is 20.7. The van der Waals surface area contributed by atoms with Crippen LogP contribution in [0.15, 0.2) is 29.1 Å². The van der Waals surface area contributed by atoms with E-state index in [0.717, 1.165) is 42.7 Å². The van der Waals surface area contributed by atoms with Crippen molar-refractivity contribution in [3.8, 4) is 5.69 Å². The summed E-state index contributed by atoms with van der Waals surface area (Å²) in [6, 6.07) is 7.42. The molecule has 2 fully saturated rings. The summed E-state index contributed by atoms with van der Waals surface area (Å²) in [4.78, 5) is 19.2. The Hall–Kier alpha value is -1.85. The molecule has 1 aromatic heterocycles. The summed E-state index contributed by atoms with van der Waals surface area (Å²) in [5, 5.41) is 0.682.